The van der Waals surface area contributed by atoms with E-state index in [9.17, 15) is 18.0 Å². The van der Waals surface area contributed by atoms with Crippen molar-refractivity contribution < 1.29 is 22.4 Å². The first kappa shape index (κ1) is 15.6. The smallest absolute Gasteiger partial charge is 0.434 e. The highest BCUT2D eigenvalue weighted by Gasteiger charge is 2.35. The first-order valence-electron chi connectivity index (χ1n) is 7.30. The van der Waals surface area contributed by atoms with Crippen molar-refractivity contribution in [3.05, 3.63) is 41.4 Å². The third kappa shape index (κ3) is 3.25. The number of nitrogens with zero attached hydrogens (tertiary/aromatic N) is 2. The number of carbonyl (C=O) groups is 1. The van der Waals surface area contributed by atoms with Crippen LogP contribution in [0.5, 0.6) is 0 Å². The molecule has 0 aromatic carbocycles. The van der Waals surface area contributed by atoms with Crippen LogP contribution in [0.25, 0.3) is 0 Å². The lowest BCUT2D eigenvalue weighted by Gasteiger charge is -2.23. The van der Waals surface area contributed by atoms with Crippen molar-refractivity contribution in [2.75, 3.05) is 6.54 Å². The van der Waals surface area contributed by atoms with Gasteiger partial charge in [-0.05, 0) is 25.3 Å². The highest BCUT2D eigenvalue weighted by atomic mass is 19.4. The van der Waals surface area contributed by atoms with Crippen molar-refractivity contribution in [2.45, 2.75) is 32.5 Å². The molecule has 124 valence electrons. The number of halogens is 3. The Balaban J connectivity index is 1.61. The van der Waals surface area contributed by atoms with E-state index in [-0.39, 0.29) is 17.6 Å². The van der Waals surface area contributed by atoms with Crippen LogP contribution in [-0.2, 0) is 19.1 Å². The van der Waals surface area contributed by atoms with Crippen LogP contribution >= 0.6 is 0 Å². The molecule has 1 N–H and O–H groups in total. The molecule has 3 heterocycles. The topological polar surface area (TPSA) is 60.1 Å². The Morgan fingerprint density at radius 1 is 1.52 bits per heavy atom. The number of furan rings is 1. The van der Waals surface area contributed by atoms with Gasteiger partial charge in [0.1, 0.15) is 5.82 Å². The Hall–Kier alpha value is -2.25. The largest absolute Gasteiger partial charge is 0.459 e. The molecule has 0 radical (unpaired) electrons. The van der Waals surface area contributed by atoms with Crippen LogP contribution in [0.1, 0.15) is 34.1 Å². The predicted molar refractivity (Wildman–Crippen MR) is 74.8 cm³/mol. The molecule has 8 heteroatoms. The maximum atomic E-state index is 12.7. The molecule has 2 aromatic heterocycles. The van der Waals surface area contributed by atoms with Gasteiger partial charge in [0.15, 0.2) is 11.5 Å². The molecule has 0 fully saturated rings. The number of nitrogens with one attached hydrogen (secondary N) is 1. The Morgan fingerprint density at radius 2 is 2.30 bits per heavy atom. The summed E-state index contributed by atoms with van der Waals surface area (Å²) in [7, 11) is 0. The summed E-state index contributed by atoms with van der Waals surface area (Å²) in [5, 5.41) is 2.77. The van der Waals surface area contributed by atoms with Crippen molar-refractivity contribution in [3.8, 4) is 0 Å². The van der Waals surface area contributed by atoms with E-state index in [0.29, 0.717) is 31.8 Å². The lowest BCUT2D eigenvalue weighted by Crippen LogP contribution is -2.33. The van der Waals surface area contributed by atoms with E-state index in [1.165, 1.54) is 10.8 Å². The normalized spacial score (nSPS) is 17.8. The molecule has 1 aliphatic rings. The number of fused-ring (bicyclic) bond motifs is 1. The third-order valence-electron chi connectivity index (χ3n) is 4.00. The van der Waals surface area contributed by atoms with Crippen LogP contribution in [0.2, 0.25) is 0 Å². The number of aryl methyl sites for hydroxylation is 2. The van der Waals surface area contributed by atoms with Crippen molar-refractivity contribution >= 4 is 5.91 Å². The van der Waals surface area contributed by atoms with E-state index in [1.807, 2.05) is 0 Å². The molecule has 5 nitrogen and oxygen atoms in total. The minimum absolute atomic E-state index is 0.0667. The highest BCUT2D eigenvalue weighted by Crippen LogP contribution is 2.30. The molecule has 3 rings (SSSR count). The van der Waals surface area contributed by atoms with Crippen LogP contribution in [0, 0.1) is 12.8 Å². The summed E-state index contributed by atoms with van der Waals surface area (Å²) in [6, 6.07) is 1.70. The number of alkyl halides is 3. The number of hydrogen-bond acceptors (Lipinski definition) is 3. The summed E-state index contributed by atoms with van der Waals surface area (Å²) in [4.78, 5) is 15.6. The molecule has 2 aromatic rings. The van der Waals surface area contributed by atoms with Crippen LogP contribution in [0.3, 0.4) is 0 Å². The first-order chi connectivity index (χ1) is 10.8. The Kier molecular flexibility index (Phi) is 3.91. The SMILES string of the molecule is Cc1ccoc1C(=O)NC[C@@H]1CCc2nc(C(F)(F)F)cn2C1. The van der Waals surface area contributed by atoms with Gasteiger partial charge in [-0.3, -0.25) is 4.79 Å². The second-order valence-corrected chi connectivity index (χ2v) is 5.74. The van der Waals surface area contributed by atoms with Gasteiger partial charge in [0.05, 0.1) is 6.26 Å². The quantitative estimate of drug-likeness (QED) is 0.943. The van der Waals surface area contributed by atoms with E-state index >= 15 is 0 Å². The summed E-state index contributed by atoms with van der Waals surface area (Å²) in [6.45, 7) is 2.57. The molecule has 0 bridgehead atoms. The van der Waals surface area contributed by atoms with Gasteiger partial charge in [-0.1, -0.05) is 0 Å². The van der Waals surface area contributed by atoms with Crippen molar-refractivity contribution in [3.63, 3.8) is 0 Å². The summed E-state index contributed by atoms with van der Waals surface area (Å²) >= 11 is 0. The van der Waals surface area contributed by atoms with E-state index < -0.39 is 11.9 Å². The number of carbonyl (C=O) groups excluding carboxylic acids is 1. The first-order valence-corrected chi connectivity index (χ1v) is 7.30. The zero-order valence-electron chi connectivity index (χ0n) is 12.5. The molecule has 0 spiro atoms. The van der Waals surface area contributed by atoms with Crippen LogP contribution in [0.4, 0.5) is 13.2 Å². The molecular formula is C15H16F3N3O2. The second-order valence-electron chi connectivity index (χ2n) is 5.74. The zero-order valence-corrected chi connectivity index (χ0v) is 12.5. The average molecular weight is 327 g/mol. The minimum Gasteiger partial charge on any atom is -0.459 e. The molecule has 1 amide bonds. The Labute approximate surface area is 130 Å². The summed E-state index contributed by atoms with van der Waals surface area (Å²) in [6.07, 6.45) is -0.783. The number of imidazole rings is 1. The summed E-state index contributed by atoms with van der Waals surface area (Å²) < 4.78 is 44.7. The van der Waals surface area contributed by atoms with Crippen LogP contribution in [-0.4, -0.2) is 22.0 Å². The predicted octanol–water partition coefficient (Wildman–Crippen LogP) is 2.80. The van der Waals surface area contributed by atoms with Gasteiger partial charge in [0, 0.05) is 31.3 Å². The maximum absolute atomic E-state index is 12.7. The molecule has 0 aliphatic carbocycles. The van der Waals surface area contributed by atoms with Crippen LogP contribution < -0.4 is 5.32 Å². The molecule has 1 aliphatic heterocycles. The monoisotopic (exact) mass is 327 g/mol. The molecular weight excluding hydrogens is 311 g/mol. The number of rotatable bonds is 3. The van der Waals surface area contributed by atoms with E-state index in [2.05, 4.69) is 10.3 Å². The highest BCUT2D eigenvalue weighted by molar-refractivity contribution is 5.92. The van der Waals surface area contributed by atoms with E-state index in [4.69, 9.17) is 4.42 Å². The van der Waals surface area contributed by atoms with Crippen molar-refractivity contribution in [1.29, 1.82) is 0 Å². The van der Waals surface area contributed by atoms with Crippen molar-refractivity contribution in [2.24, 2.45) is 5.92 Å². The van der Waals surface area contributed by atoms with Gasteiger partial charge >= 0.3 is 6.18 Å². The standard InChI is InChI=1S/C15H16F3N3O2/c1-9-4-5-23-13(9)14(22)19-6-10-2-3-12-20-11(15(16,17)18)8-21(12)7-10/h4-5,8,10H,2-3,6-7H2,1H3,(H,19,22)/t10-/m0/s1. The molecule has 0 saturated heterocycles. The van der Waals surface area contributed by atoms with Crippen LogP contribution in [0.15, 0.2) is 22.9 Å². The summed E-state index contributed by atoms with van der Waals surface area (Å²) in [5.74, 6) is 0.474. The fourth-order valence-electron chi connectivity index (χ4n) is 2.74. The van der Waals surface area contributed by atoms with Gasteiger partial charge in [-0.2, -0.15) is 13.2 Å². The van der Waals surface area contributed by atoms with Gasteiger partial charge < -0.3 is 14.3 Å². The Bertz CT molecular complexity index is 718. The molecule has 0 unspecified atom stereocenters. The van der Waals surface area contributed by atoms with Gasteiger partial charge in [-0.25, -0.2) is 4.98 Å². The maximum Gasteiger partial charge on any atom is 0.434 e. The van der Waals surface area contributed by atoms with Gasteiger partial charge in [-0.15, -0.1) is 0 Å². The summed E-state index contributed by atoms with van der Waals surface area (Å²) in [5.41, 5.74) is -0.110. The minimum atomic E-state index is -4.43. The lowest BCUT2D eigenvalue weighted by atomic mass is 9.99. The number of amides is 1. The molecule has 0 saturated carbocycles. The Morgan fingerprint density at radius 3 is 2.96 bits per heavy atom. The van der Waals surface area contributed by atoms with Gasteiger partial charge in [0.2, 0.25) is 0 Å². The zero-order chi connectivity index (χ0) is 16.6. The van der Waals surface area contributed by atoms with E-state index in [0.717, 1.165) is 11.8 Å². The molecule has 23 heavy (non-hydrogen) atoms. The number of hydrogen-bond donors (Lipinski definition) is 1. The fraction of sp³-hybridized carbons (Fsp3) is 0.467. The van der Waals surface area contributed by atoms with Gasteiger partial charge in [0.25, 0.3) is 5.91 Å². The lowest BCUT2D eigenvalue weighted by molar-refractivity contribution is -0.141. The van der Waals surface area contributed by atoms with Crippen molar-refractivity contribution in [1.82, 2.24) is 14.9 Å². The number of aromatic nitrogens is 2. The van der Waals surface area contributed by atoms with E-state index in [1.54, 1.807) is 13.0 Å². The fourth-order valence-corrected chi connectivity index (χ4v) is 2.74. The molecule has 1 atom stereocenters. The second kappa shape index (κ2) is 5.75. The third-order valence-corrected chi connectivity index (χ3v) is 4.00. The average Bonchev–Trinajstić information content (AvgIpc) is 3.09.